The maximum atomic E-state index is 10.9. The zero-order valence-electron chi connectivity index (χ0n) is 10.4. The van der Waals surface area contributed by atoms with Crippen molar-refractivity contribution in [3.63, 3.8) is 0 Å². The molecule has 0 bridgehead atoms. The lowest BCUT2D eigenvalue weighted by molar-refractivity contribution is -0.131. The van der Waals surface area contributed by atoms with Crippen molar-refractivity contribution < 1.29 is 9.53 Å². The van der Waals surface area contributed by atoms with Gasteiger partial charge in [-0.2, -0.15) is 0 Å². The number of rotatable bonds is 3. The average molecular weight is 219 g/mol. The molecule has 0 aliphatic rings. The van der Waals surface area contributed by atoms with E-state index in [4.69, 9.17) is 4.74 Å². The molecule has 1 rings (SSSR count). The zero-order valence-corrected chi connectivity index (χ0v) is 10.4. The van der Waals surface area contributed by atoms with Crippen molar-refractivity contribution in [3.05, 3.63) is 36.2 Å². The molecular formula is C14H19O2. The summed E-state index contributed by atoms with van der Waals surface area (Å²) < 4.78 is 5.13. The Hall–Kier alpha value is -1.31. The van der Waals surface area contributed by atoms with Crippen LogP contribution in [0.1, 0.15) is 50.7 Å². The number of carbonyl (C=O) groups is 1. The molecule has 1 atom stereocenters. The first kappa shape index (κ1) is 12.8. The Morgan fingerprint density at radius 1 is 1.19 bits per heavy atom. The van der Waals surface area contributed by atoms with Crippen molar-refractivity contribution in [2.45, 2.75) is 39.5 Å². The van der Waals surface area contributed by atoms with E-state index in [0.717, 1.165) is 5.56 Å². The number of hydrogen-bond donors (Lipinski definition) is 0. The Kier molecular flexibility index (Phi) is 4.11. The van der Waals surface area contributed by atoms with E-state index in [9.17, 15) is 4.79 Å². The summed E-state index contributed by atoms with van der Waals surface area (Å²) in [7, 11) is 0. The summed E-state index contributed by atoms with van der Waals surface area (Å²) in [6.07, 6.45) is 0. The number of esters is 1. The van der Waals surface area contributed by atoms with Crippen LogP contribution in [-0.2, 0) is 4.79 Å². The van der Waals surface area contributed by atoms with Crippen LogP contribution in [0.4, 0.5) is 0 Å². The standard InChI is InChI=1S/C14H19O2/c1-9(2)12-6-13(10(3)4)8-14(7-12)16-11(5)15/h6-10H,1H2,2-5H3. The Balaban J connectivity index is 3.13. The number of benzene rings is 1. The van der Waals surface area contributed by atoms with E-state index >= 15 is 0 Å². The molecule has 0 aliphatic carbocycles. The fourth-order valence-corrected chi connectivity index (χ4v) is 1.49. The molecule has 87 valence electrons. The fraction of sp³-hybridized carbons (Fsp3) is 0.429. The minimum atomic E-state index is -0.288. The lowest BCUT2D eigenvalue weighted by atomic mass is 9.95. The van der Waals surface area contributed by atoms with Crippen LogP contribution in [0.15, 0.2) is 18.2 Å². The topological polar surface area (TPSA) is 26.3 Å². The molecule has 16 heavy (non-hydrogen) atoms. The summed E-state index contributed by atoms with van der Waals surface area (Å²) in [5.74, 6) is 0.925. The first-order chi connectivity index (χ1) is 7.40. The van der Waals surface area contributed by atoms with Crippen LogP contribution < -0.4 is 4.74 Å². The lowest BCUT2D eigenvalue weighted by Crippen LogP contribution is -2.03. The molecule has 1 unspecified atom stereocenters. The van der Waals surface area contributed by atoms with E-state index in [1.807, 2.05) is 19.1 Å². The highest BCUT2D eigenvalue weighted by Gasteiger charge is 2.09. The monoisotopic (exact) mass is 219 g/mol. The normalized spacial score (nSPS) is 10.9. The average Bonchev–Trinajstić information content (AvgIpc) is 2.15. The van der Waals surface area contributed by atoms with Gasteiger partial charge >= 0.3 is 5.97 Å². The smallest absolute Gasteiger partial charge is 0.308 e. The molecule has 0 heterocycles. The summed E-state index contributed by atoms with van der Waals surface area (Å²) in [5, 5.41) is 0. The van der Waals surface area contributed by atoms with Gasteiger partial charge in [-0.25, -0.2) is 0 Å². The van der Waals surface area contributed by atoms with Gasteiger partial charge in [0.15, 0.2) is 0 Å². The van der Waals surface area contributed by atoms with E-state index in [1.165, 1.54) is 12.5 Å². The lowest BCUT2D eigenvalue weighted by Gasteiger charge is -2.13. The van der Waals surface area contributed by atoms with Crippen LogP contribution >= 0.6 is 0 Å². The van der Waals surface area contributed by atoms with Gasteiger partial charge in [0.1, 0.15) is 5.75 Å². The highest BCUT2D eigenvalue weighted by molar-refractivity contribution is 5.69. The van der Waals surface area contributed by atoms with Crippen LogP contribution in [0, 0.1) is 6.92 Å². The SMILES string of the molecule is [CH2]C(C)c1cc(OC(C)=O)cc(C(C)C)c1. The molecule has 0 saturated heterocycles. The third-order valence-electron chi connectivity index (χ3n) is 2.45. The fourth-order valence-electron chi connectivity index (χ4n) is 1.49. The predicted molar refractivity (Wildman–Crippen MR) is 65.6 cm³/mol. The molecule has 0 fully saturated rings. The molecule has 1 aromatic rings. The van der Waals surface area contributed by atoms with Gasteiger partial charge in [-0.1, -0.05) is 26.8 Å². The zero-order chi connectivity index (χ0) is 12.3. The van der Waals surface area contributed by atoms with E-state index in [0.29, 0.717) is 11.7 Å². The minimum absolute atomic E-state index is 0.188. The van der Waals surface area contributed by atoms with Gasteiger partial charge < -0.3 is 4.74 Å². The van der Waals surface area contributed by atoms with E-state index < -0.39 is 0 Å². The Bertz CT molecular complexity index is 352. The second kappa shape index (κ2) is 5.15. The summed E-state index contributed by atoms with van der Waals surface area (Å²) in [6.45, 7) is 11.7. The molecule has 0 aliphatic heterocycles. The minimum Gasteiger partial charge on any atom is -0.427 e. The molecule has 0 aromatic heterocycles. The van der Waals surface area contributed by atoms with Gasteiger partial charge in [-0.05, 0) is 42.0 Å². The highest BCUT2D eigenvalue weighted by atomic mass is 16.5. The third-order valence-corrected chi connectivity index (χ3v) is 2.45. The van der Waals surface area contributed by atoms with E-state index in [1.54, 1.807) is 0 Å². The van der Waals surface area contributed by atoms with E-state index in [2.05, 4.69) is 26.8 Å². The molecule has 0 amide bonds. The largest absolute Gasteiger partial charge is 0.427 e. The van der Waals surface area contributed by atoms with Crippen molar-refractivity contribution >= 4 is 5.97 Å². The van der Waals surface area contributed by atoms with Crippen molar-refractivity contribution in [1.29, 1.82) is 0 Å². The number of ether oxygens (including phenoxy) is 1. The predicted octanol–water partition coefficient (Wildman–Crippen LogP) is 3.67. The molecule has 0 N–H and O–H groups in total. The first-order valence-corrected chi connectivity index (χ1v) is 5.56. The highest BCUT2D eigenvalue weighted by Crippen LogP contribution is 2.27. The van der Waals surface area contributed by atoms with Crippen molar-refractivity contribution in [3.8, 4) is 5.75 Å². The summed E-state index contributed by atoms with van der Waals surface area (Å²) >= 11 is 0. The van der Waals surface area contributed by atoms with Crippen LogP contribution in [0.3, 0.4) is 0 Å². The number of hydrogen-bond acceptors (Lipinski definition) is 2. The Labute approximate surface area is 97.6 Å². The Morgan fingerprint density at radius 3 is 2.19 bits per heavy atom. The molecule has 1 radical (unpaired) electrons. The Morgan fingerprint density at radius 2 is 1.75 bits per heavy atom. The quantitative estimate of drug-likeness (QED) is 0.572. The van der Waals surface area contributed by atoms with Crippen molar-refractivity contribution in [2.75, 3.05) is 0 Å². The molecule has 2 nitrogen and oxygen atoms in total. The van der Waals surface area contributed by atoms with Gasteiger partial charge in [-0.3, -0.25) is 4.79 Å². The summed E-state index contributed by atoms with van der Waals surface area (Å²) in [5.41, 5.74) is 2.27. The maximum Gasteiger partial charge on any atom is 0.308 e. The maximum absolute atomic E-state index is 10.9. The molecule has 0 spiro atoms. The second-order valence-electron chi connectivity index (χ2n) is 4.48. The van der Waals surface area contributed by atoms with E-state index in [-0.39, 0.29) is 11.9 Å². The van der Waals surface area contributed by atoms with Gasteiger partial charge in [0, 0.05) is 6.92 Å². The van der Waals surface area contributed by atoms with Crippen molar-refractivity contribution in [2.24, 2.45) is 0 Å². The van der Waals surface area contributed by atoms with Crippen LogP contribution in [0.2, 0.25) is 0 Å². The summed E-state index contributed by atoms with van der Waals surface area (Å²) in [4.78, 5) is 10.9. The van der Waals surface area contributed by atoms with Gasteiger partial charge in [0.25, 0.3) is 0 Å². The van der Waals surface area contributed by atoms with Gasteiger partial charge in [0.2, 0.25) is 0 Å². The molecule has 2 heteroatoms. The van der Waals surface area contributed by atoms with Crippen LogP contribution in [0.25, 0.3) is 0 Å². The summed E-state index contributed by atoms with van der Waals surface area (Å²) in [6, 6.07) is 5.91. The molecule has 0 saturated carbocycles. The number of carbonyl (C=O) groups excluding carboxylic acids is 1. The van der Waals surface area contributed by atoms with Gasteiger partial charge in [-0.15, -0.1) is 0 Å². The van der Waals surface area contributed by atoms with Crippen molar-refractivity contribution in [1.82, 2.24) is 0 Å². The second-order valence-corrected chi connectivity index (χ2v) is 4.48. The third kappa shape index (κ3) is 3.37. The molecular weight excluding hydrogens is 200 g/mol. The van der Waals surface area contributed by atoms with Crippen LogP contribution in [-0.4, -0.2) is 5.97 Å². The first-order valence-electron chi connectivity index (χ1n) is 5.56. The van der Waals surface area contributed by atoms with Gasteiger partial charge in [0.05, 0.1) is 0 Å². The van der Waals surface area contributed by atoms with Crippen LogP contribution in [0.5, 0.6) is 5.75 Å². The molecule has 1 aromatic carbocycles.